The first-order valence-electron chi connectivity index (χ1n) is 13.7. The topological polar surface area (TPSA) is 97.6 Å². The highest BCUT2D eigenvalue weighted by Crippen LogP contribution is 2.29. The van der Waals surface area contributed by atoms with Gasteiger partial charge in [-0.2, -0.15) is 5.10 Å². The molecule has 4 aromatic rings. The van der Waals surface area contributed by atoms with Crippen molar-refractivity contribution in [1.29, 1.82) is 0 Å². The fourth-order valence-corrected chi connectivity index (χ4v) is 4.89. The van der Waals surface area contributed by atoms with Crippen molar-refractivity contribution in [2.45, 2.75) is 25.8 Å². The van der Waals surface area contributed by atoms with E-state index in [1.54, 1.807) is 32.7 Å². The van der Waals surface area contributed by atoms with Crippen molar-refractivity contribution < 1.29 is 19.1 Å². The third-order valence-electron chi connectivity index (χ3n) is 7.39. The number of Topliss-reactive ketones (excluding diaryl/α,β-unsaturated/α-hetero) is 1. The zero-order valence-electron chi connectivity index (χ0n) is 22.2. The second-order valence-corrected chi connectivity index (χ2v) is 10.5. The molecule has 0 N–H and O–H groups in total. The molecule has 0 spiro atoms. The standard InChI is InChI=1S/C31H31N5O4/c37-28(27-7-4-8-29(32-27)40-21-22-9-10-22)18-23-11-12-26-25(17-23)19-36(33-26)20-30(38)34-13-15-35(16-14-34)31(39)24-5-2-1-3-6-24/h1-8,11-12,17,19,22H,9-10,13-16,18,20-21H2. The second kappa shape index (κ2) is 11.3. The molecule has 0 unspecified atom stereocenters. The highest BCUT2D eigenvalue weighted by Gasteiger charge is 2.25. The van der Waals surface area contributed by atoms with Crippen LogP contribution in [0.4, 0.5) is 0 Å². The molecule has 2 aromatic carbocycles. The SMILES string of the molecule is O=C(Cc1ccc2nn(CC(=O)N3CCN(C(=O)c4ccccc4)CC3)cc2c1)c1cccc(OCC2CC2)n1. The highest BCUT2D eigenvalue weighted by atomic mass is 16.5. The van der Waals surface area contributed by atoms with E-state index in [0.29, 0.717) is 55.8 Å². The van der Waals surface area contributed by atoms with Crippen LogP contribution < -0.4 is 4.74 Å². The van der Waals surface area contributed by atoms with Crippen LogP contribution in [0.3, 0.4) is 0 Å². The first kappa shape index (κ1) is 25.7. The number of ketones is 1. The molecule has 40 heavy (non-hydrogen) atoms. The van der Waals surface area contributed by atoms with Gasteiger partial charge in [-0.15, -0.1) is 0 Å². The molecule has 2 aliphatic rings. The lowest BCUT2D eigenvalue weighted by atomic mass is 10.1. The third kappa shape index (κ3) is 6.03. The van der Waals surface area contributed by atoms with Gasteiger partial charge in [0, 0.05) is 55.8 Å². The minimum Gasteiger partial charge on any atom is -0.477 e. The molecule has 9 nitrogen and oxygen atoms in total. The first-order valence-corrected chi connectivity index (χ1v) is 13.7. The Hall–Kier alpha value is -4.53. The van der Waals surface area contributed by atoms with E-state index in [-0.39, 0.29) is 30.6 Å². The van der Waals surface area contributed by atoms with Gasteiger partial charge in [0.15, 0.2) is 5.78 Å². The number of benzene rings is 2. The van der Waals surface area contributed by atoms with Crippen molar-refractivity contribution in [3.05, 3.63) is 89.7 Å². The van der Waals surface area contributed by atoms with Gasteiger partial charge in [0.25, 0.3) is 5.91 Å². The lowest BCUT2D eigenvalue weighted by molar-refractivity contribution is -0.133. The van der Waals surface area contributed by atoms with E-state index in [0.717, 1.165) is 16.5 Å². The van der Waals surface area contributed by atoms with Crippen LogP contribution in [0, 0.1) is 5.92 Å². The average molecular weight is 538 g/mol. The number of carbonyl (C=O) groups is 3. The van der Waals surface area contributed by atoms with Gasteiger partial charge in [0.05, 0.1) is 12.1 Å². The molecular formula is C31H31N5O4. The lowest BCUT2D eigenvalue weighted by Gasteiger charge is -2.34. The summed E-state index contributed by atoms with van der Waals surface area (Å²) < 4.78 is 7.36. The van der Waals surface area contributed by atoms with Crippen molar-refractivity contribution in [3.63, 3.8) is 0 Å². The zero-order valence-corrected chi connectivity index (χ0v) is 22.2. The molecule has 3 heterocycles. The van der Waals surface area contributed by atoms with Crippen molar-refractivity contribution in [2.24, 2.45) is 5.92 Å². The number of amides is 2. The smallest absolute Gasteiger partial charge is 0.253 e. The Bertz CT molecular complexity index is 1540. The maximum Gasteiger partial charge on any atom is 0.253 e. The summed E-state index contributed by atoms with van der Waals surface area (Å²) in [5.41, 5.74) is 2.67. The summed E-state index contributed by atoms with van der Waals surface area (Å²) in [6.45, 7) is 2.76. The summed E-state index contributed by atoms with van der Waals surface area (Å²) in [5.74, 6) is 0.979. The van der Waals surface area contributed by atoms with Crippen LogP contribution in [0.2, 0.25) is 0 Å². The number of nitrogens with zero attached hydrogens (tertiary/aromatic N) is 5. The van der Waals surface area contributed by atoms with Crippen LogP contribution in [0.15, 0.2) is 72.9 Å². The number of aromatic nitrogens is 3. The predicted molar refractivity (Wildman–Crippen MR) is 149 cm³/mol. The van der Waals surface area contributed by atoms with Gasteiger partial charge >= 0.3 is 0 Å². The molecule has 1 saturated carbocycles. The van der Waals surface area contributed by atoms with Gasteiger partial charge in [-0.05, 0) is 54.7 Å². The number of ether oxygens (including phenoxy) is 1. The Balaban J connectivity index is 1.04. The van der Waals surface area contributed by atoms with Crippen molar-refractivity contribution in [3.8, 4) is 5.88 Å². The zero-order chi connectivity index (χ0) is 27.5. The van der Waals surface area contributed by atoms with E-state index < -0.39 is 0 Å². The Morgan fingerprint density at radius 2 is 1.65 bits per heavy atom. The molecule has 2 amide bonds. The third-order valence-corrected chi connectivity index (χ3v) is 7.39. The van der Waals surface area contributed by atoms with Gasteiger partial charge in [0.2, 0.25) is 11.8 Å². The van der Waals surface area contributed by atoms with Gasteiger partial charge in [-0.25, -0.2) is 4.98 Å². The number of piperazine rings is 1. The average Bonchev–Trinajstić information content (AvgIpc) is 3.74. The monoisotopic (exact) mass is 537 g/mol. The van der Waals surface area contributed by atoms with Gasteiger partial charge in [-0.1, -0.05) is 30.3 Å². The summed E-state index contributed by atoms with van der Waals surface area (Å²) >= 11 is 0. The molecule has 6 rings (SSSR count). The molecule has 2 aromatic heterocycles. The van der Waals surface area contributed by atoms with E-state index in [9.17, 15) is 14.4 Å². The summed E-state index contributed by atoms with van der Waals surface area (Å²) in [6, 6.07) is 20.2. The maximum absolute atomic E-state index is 13.0. The Morgan fingerprint density at radius 1 is 0.875 bits per heavy atom. The molecule has 0 radical (unpaired) electrons. The first-order chi connectivity index (χ1) is 19.5. The molecular weight excluding hydrogens is 506 g/mol. The molecule has 204 valence electrons. The molecule has 2 fully saturated rings. The van der Waals surface area contributed by atoms with Crippen LogP contribution in [0.1, 0.15) is 39.3 Å². The van der Waals surface area contributed by atoms with Crippen LogP contribution >= 0.6 is 0 Å². The van der Waals surface area contributed by atoms with Gasteiger partial charge < -0.3 is 14.5 Å². The quantitative estimate of drug-likeness (QED) is 0.303. The predicted octanol–water partition coefficient (Wildman–Crippen LogP) is 3.63. The summed E-state index contributed by atoms with van der Waals surface area (Å²) in [4.78, 5) is 46.5. The second-order valence-electron chi connectivity index (χ2n) is 10.5. The Morgan fingerprint density at radius 3 is 2.42 bits per heavy atom. The van der Waals surface area contributed by atoms with E-state index in [1.165, 1.54) is 12.8 Å². The van der Waals surface area contributed by atoms with E-state index >= 15 is 0 Å². The van der Waals surface area contributed by atoms with Crippen LogP contribution in [-0.4, -0.2) is 74.9 Å². The van der Waals surface area contributed by atoms with Crippen molar-refractivity contribution in [1.82, 2.24) is 24.6 Å². The summed E-state index contributed by atoms with van der Waals surface area (Å²) in [6.07, 6.45) is 4.44. The normalized spacial score (nSPS) is 15.3. The van der Waals surface area contributed by atoms with Gasteiger partial charge in [-0.3, -0.25) is 19.1 Å². The van der Waals surface area contributed by atoms with Crippen molar-refractivity contribution >= 4 is 28.5 Å². The van der Waals surface area contributed by atoms with E-state index in [1.807, 2.05) is 54.7 Å². The largest absolute Gasteiger partial charge is 0.477 e. The number of hydrogen-bond acceptors (Lipinski definition) is 6. The minimum absolute atomic E-state index is 0.00861. The van der Waals surface area contributed by atoms with E-state index in [4.69, 9.17) is 4.74 Å². The van der Waals surface area contributed by atoms with Crippen LogP contribution in [0.5, 0.6) is 5.88 Å². The van der Waals surface area contributed by atoms with Crippen LogP contribution in [0.25, 0.3) is 10.9 Å². The molecule has 9 heteroatoms. The molecule has 1 aliphatic heterocycles. The highest BCUT2D eigenvalue weighted by molar-refractivity contribution is 5.96. The maximum atomic E-state index is 13.0. The van der Waals surface area contributed by atoms with Crippen LogP contribution in [-0.2, 0) is 17.8 Å². The number of carbonyl (C=O) groups excluding carboxylic acids is 3. The summed E-state index contributed by atoms with van der Waals surface area (Å²) in [5, 5.41) is 5.42. The molecule has 1 aliphatic carbocycles. The number of pyridine rings is 1. The molecule has 0 atom stereocenters. The van der Waals surface area contributed by atoms with Crippen molar-refractivity contribution in [2.75, 3.05) is 32.8 Å². The number of rotatable bonds is 9. The van der Waals surface area contributed by atoms with E-state index in [2.05, 4.69) is 10.1 Å². The number of hydrogen-bond donors (Lipinski definition) is 0. The fraction of sp³-hybridized carbons (Fsp3) is 0.323. The lowest BCUT2D eigenvalue weighted by Crippen LogP contribution is -2.51. The minimum atomic E-state index is -0.0799. The molecule has 1 saturated heterocycles. The van der Waals surface area contributed by atoms with Gasteiger partial charge in [0.1, 0.15) is 12.2 Å². The number of fused-ring (bicyclic) bond motifs is 1. The Labute approximate surface area is 232 Å². The Kier molecular flexibility index (Phi) is 7.27. The summed E-state index contributed by atoms with van der Waals surface area (Å²) in [7, 11) is 0. The molecule has 0 bridgehead atoms. The fourth-order valence-electron chi connectivity index (χ4n) is 4.89.